The lowest BCUT2D eigenvalue weighted by molar-refractivity contribution is 1.05. The molecule has 3 aromatic heterocycles. The molecule has 0 spiro atoms. The van der Waals surface area contributed by atoms with Crippen LogP contribution in [0, 0.1) is 13.8 Å². The molecule has 0 amide bonds. The standard InChI is InChI=1S/C21H18N4/c1-14-12-17(5-6-19(14)18-4-3-9-23-13-18)20-15(2)24-25-21(20)16-7-10-22-11-8-16/h3-13H,1-2H3,(H,24,25). The maximum Gasteiger partial charge on any atom is 0.100 e. The van der Waals surface area contributed by atoms with Gasteiger partial charge in [0.05, 0.1) is 0 Å². The van der Waals surface area contributed by atoms with Gasteiger partial charge in [-0.15, -0.1) is 0 Å². The van der Waals surface area contributed by atoms with E-state index in [1.807, 2.05) is 24.4 Å². The lowest BCUT2D eigenvalue weighted by atomic mass is 9.94. The summed E-state index contributed by atoms with van der Waals surface area (Å²) in [5, 5.41) is 7.63. The SMILES string of the molecule is Cc1cc(-c2c(-c3ccncc3)n[nH]c2C)ccc1-c1cccnc1. The van der Waals surface area contributed by atoms with Crippen LogP contribution in [-0.4, -0.2) is 20.2 Å². The monoisotopic (exact) mass is 326 g/mol. The molecule has 0 radical (unpaired) electrons. The van der Waals surface area contributed by atoms with Gasteiger partial charge in [-0.3, -0.25) is 15.1 Å². The molecule has 4 rings (SSSR count). The highest BCUT2D eigenvalue weighted by Crippen LogP contribution is 2.35. The van der Waals surface area contributed by atoms with Gasteiger partial charge in [0.2, 0.25) is 0 Å². The van der Waals surface area contributed by atoms with Crippen molar-refractivity contribution < 1.29 is 0 Å². The highest BCUT2D eigenvalue weighted by molar-refractivity contribution is 5.84. The molecule has 0 fully saturated rings. The largest absolute Gasteiger partial charge is 0.282 e. The molecular formula is C21H18N4. The Kier molecular flexibility index (Phi) is 3.86. The normalized spacial score (nSPS) is 10.8. The molecule has 122 valence electrons. The predicted octanol–water partition coefficient (Wildman–Crippen LogP) is 4.82. The number of aryl methyl sites for hydroxylation is 2. The van der Waals surface area contributed by atoms with Crippen molar-refractivity contribution in [1.82, 2.24) is 20.2 Å². The molecule has 0 bridgehead atoms. The number of benzene rings is 1. The second-order valence-corrected chi connectivity index (χ2v) is 6.08. The molecule has 0 saturated heterocycles. The fourth-order valence-corrected chi connectivity index (χ4v) is 3.17. The average molecular weight is 326 g/mol. The van der Waals surface area contributed by atoms with E-state index in [1.54, 1.807) is 18.6 Å². The minimum Gasteiger partial charge on any atom is -0.282 e. The van der Waals surface area contributed by atoms with Crippen molar-refractivity contribution in [3.05, 3.63) is 78.5 Å². The molecule has 4 nitrogen and oxygen atoms in total. The fraction of sp³-hybridized carbons (Fsp3) is 0.0952. The number of nitrogens with zero attached hydrogens (tertiary/aromatic N) is 3. The summed E-state index contributed by atoms with van der Waals surface area (Å²) in [6.07, 6.45) is 7.27. The number of aromatic amines is 1. The van der Waals surface area contributed by atoms with Crippen molar-refractivity contribution in [2.45, 2.75) is 13.8 Å². The quantitative estimate of drug-likeness (QED) is 0.587. The van der Waals surface area contributed by atoms with Gasteiger partial charge in [-0.2, -0.15) is 5.10 Å². The van der Waals surface area contributed by atoms with E-state index in [1.165, 1.54) is 11.1 Å². The van der Waals surface area contributed by atoms with E-state index in [-0.39, 0.29) is 0 Å². The number of hydrogen-bond acceptors (Lipinski definition) is 3. The van der Waals surface area contributed by atoms with Crippen molar-refractivity contribution in [3.63, 3.8) is 0 Å². The zero-order chi connectivity index (χ0) is 17.2. The van der Waals surface area contributed by atoms with Crippen molar-refractivity contribution in [3.8, 4) is 33.5 Å². The average Bonchev–Trinajstić information content (AvgIpc) is 3.04. The third kappa shape index (κ3) is 2.83. The van der Waals surface area contributed by atoms with Crippen LogP contribution in [0.4, 0.5) is 0 Å². The Hall–Kier alpha value is -3.27. The van der Waals surface area contributed by atoms with Crippen LogP contribution in [0.25, 0.3) is 33.5 Å². The molecular weight excluding hydrogens is 308 g/mol. The van der Waals surface area contributed by atoms with Crippen LogP contribution in [0.3, 0.4) is 0 Å². The van der Waals surface area contributed by atoms with E-state index >= 15 is 0 Å². The second kappa shape index (κ2) is 6.32. The minimum atomic E-state index is 0.952. The van der Waals surface area contributed by atoms with E-state index in [9.17, 15) is 0 Å². The van der Waals surface area contributed by atoms with Crippen LogP contribution in [0.2, 0.25) is 0 Å². The Balaban J connectivity index is 1.82. The molecule has 25 heavy (non-hydrogen) atoms. The maximum atomic E-state index is 4.51. The zero-order valence-corrected chi connectivity index (χ0v) is 14.2. The first kappa shape index (κ1) is 15.3. The summed E-state index contributed by atoms with van der Waals surface area (Å²) in [4.78, 5) is 8.32. The molecule has 0 aliphatic carbocycles. The van der Waals surface area contributed by atoms with Gasteiger partial charge in [0.25, 0.3) is 0 Å². The van der Waals surface area contributed by atoms with Gasteiger partial charge in [0, 0.05) is 47.2 Å². The molecule has 1 N–H and O–H groups in total. The van der Waals surface area contributed by atoms with Crippen LogP contribution in [0.5, 0.6) is 0 Å². The summed E-state index contributed by atoms with van der Waals surface area (Å²) in [5.74, 6) is 0. The molecule has 1 aromatic carbocycles. The molecule has 0 aliphatic rings. The first-order valence-electron chi connectivity index (χ1n) is 8.21. The summed E-state index contributed by atoms with van der Waals surface area (Å²) in [7, 11) is 0. The van der Waals surface area contributed by atoms with Crippen molar-refractivity contribution in [1.29, 1.82) is 0 Å². The summed E-state index contributed by atoms with van der Waals surface area (Å²) in [6, 6.07) is 14.5. The second-order valence-electron chi connectivity index (χ2n) is 6.08. The van der Waals surface area contributed by atoms with Gasteiger partial charge in [0.1, 0.15) is 5.69 Å². The minimum absolute atomic E-state index is 0.952. The number of nitrogens with one attached hydrogen (secondary N) is 1. The van der Waals surface area contributed by atoms with E-state index < -0.39 is 0 Å². The smallest absolute Gasteiger partial charge is 0.100 e. The maximum absolute atomic E-state index is 4.51. The Morgan fingerprint density at radius 3 is 2.36 bits per heavy atom. The Labute approximate surface area is 146 Å². The summed E-state index contributed by atoms with van der Waals surface area (Å²) < 4.78 is 0. The molecule has 0 aliphatic heterocycles. The van der Waals surface area contributed by atoms with Gasteiger partial charge < -0.3 is 0 Å². The molecule has 4 aromatic rings. The third-order valence-corrected chi connectivity index (χ3v) is 4.39. The molecule has 0 unspecified atom stereocenters. The molecule has 0 atom stereocenters. The fourth-order valence-electron chi connectivity index (χ4n) is 3.17. The van der Waals surface area contributed by atoms with E-state index in [0.717, 1.165) is 33.6 Å². The lowest BCUT2D eigenvalue weighted by Crippen LogP contribution is -1.89. The first-order chi connectivity index (χ1) is 12.2. The van der Waals surface area contributed by atoms with Crippen LogP contribution in [0.1, 0.15) is 11.3 Å². The van der Waals surface area contributed by atoms with Crippen molar-refractivity contribution in [2.75, 3.05) is 0 Å². The Morgan fingerprint density at radius 2 is 1.64 bits per heavy atom. The number of H-pyrrole nitrogens is 1. The zero-order valence-electron chi connectivity index (χ0n) is 14.2. The van der Waals surface area contributed by atoms with Gasteiger partial charge in [0.15, 0.2) is 0 Å². The third-order valence-electron chi connectivity index (χ3n) is 4.39. The van der Waals surface area contributed by atoms with Gasteiger partial charge in [-0.05, 0) is 48.7 Å². The van der Waals surface area contributed by atoms with Crippen LogP contribution in [0.15, 0.2) is 67.3 Å². The number of hydrogen-bond donors (Lipinski definition) is 1. The van der Waals surface area contributed by atoms with Gasteiger partial charge in [-0.25, -0.2) is 0 Å². The molecule has 0 saturated carbocycles. The van der Waals surface area contributed by atoms with Crippen LogP contribution >= 0.6 is 0 Å². The van der Waals surface area contributed by atoms with E-state index in [0.29, 0.717) is 0 Å². The van der Waals surface area contributed by atoms with Crippen molar-refractivity contribution in [2.24, 2.45) is 0 Å². The number of aromatic nitrogens is 4. The van der Waals surface area contributed by atoms with E-state index in [2.05, 4.69) is 58.3 Å². The van der Waals surface area contributed by atoms with Crippen LogP contribution < -0.4 is 0 Å². The van der Waals surface area contributed by atoms with E-state index in [4.69, 9.17) is 0 Å². The van der Waals surface area contributed by atoms with Crippen LogP contribution in [-0.2, 0) is 0 Å². The summed E-state index contributed by atoms with van der Waals surface area (Å²) in [6.45, 7) is 4.19. The summed E-state index contributed by atoms with van der Waals surface area (Å²) >= 11 is 0. The topological polar surface area (TPSA) is 54.5 Å². The highest BCUT2D eigenvalue weighted by atomic mass is 15.1. The molecule has 3 heterocycles. The Morgan fingerprint density at radius 1 is 0.800 bits per heavy atom. The lowest BCUT2D eigenvalue weighted by Gasteiger charge is -2.10. The number of pyridine rings is 2. The summed E-state index contributed by atoms with van der Waals surface area (Å²) in [5.41, 5.74) is 8.90. The van der Waals surface area contributed by atoms with Gasteiger partial charge in [-0.1, -0.05) is 24.3 Å². The predicted molar refractivity (Wildman–Crippen MR) is 100.0 cm³/mol. The Bertz CT molecular complexity index is 1000. The first-order valence-corrected chi connectivity index (χ1v) is 8.21. The number of rotatable bonds is 3. The van der Waals surface area contributed by atoms with Crippen molar-refractivity contribution >= 4 is 0 Å². The highest BCUT2D eigenvalue weighted by Gasteiger charge is 2.15. The molecule has 4 heteroatoms. The van der Waals surface area contributed by atoms with Gasteiger partial charge >= 0.3 is 0 Å².